The summed E-state index contributed by atoms with van der Waals surface area (Å²) in [6.07, 6.45) is 1.48. The van der Waals surface area contributed by atoms with Crippen LogP contribution in [0.4, 0.5) is 0 Å². The van der Waals surface area contributed by atoms with Crippen molar-refractivity contribution in [3.8, 4) is 5.75 Å². The van der Waals surface area contributed by atoms with E-state index < -0.39 is 5.97 Å². The molecule has 2 N–H and O–H groups in total. The highest BCUT2D eigenvalue weighted by Gasteiger charge is 2.06. The maximum atomic E-state index is 11.9. The molecule has 0 saturated heterocycles. The molecule has 8 heteroatoms. The Hall–Kier alpha value is -3.13. The number of thioether (sulfide) groups is 1. The Labute approximate surface area is 153 Å². The van der Waals surface area contributed by atoms with E-state index >= 15 is 0 Å². The van der Waals surface area contributed by atoms with Crippen molar-refractivity contribution in [3.63, 3.8) is 0 Å². The summed E-state index contributed by atoms with van der Waals surface area (Å²) in [7, 11) is 0. The van der Waals surface area contributed by atoms with Gasteiger partial charge in [-0.15, -0.1) is 0 Å². The summed E-state index contributed by atoms with van der Waals surface area (Å²) in [5, 5.41) is 4.59. The van der Waals surface area contributed by atoms with Gasteiger partial charge in [-0.25, -0.2) is 10.4 Å². The second-order valence-electron chi connectivity index (χ2n) is 5.31. The third kappa shape index (κ3) is 4.93. The summed E-state index contributed by atoms with van der Waals surface area (Å²) in [6.45, 7) is 1.33. The number of para-hydroxylation sites is 2. The lowest BCUT2D eigenvalue weighted by atomic mass is 10.2. The fourth-order valence-corrected chi connectivity index (χ4v) is 2.84. The Kier molecular flexibility index (Phi) is 5.65. The fourth-order valence-electron chi connectivity index (χ4n) is 2.17. The minimum Gasteiger partial charge on any atom is -0.427 e. The van der Waals surface area contributed by atoms with Gasteiger partial charge in [0, 0.05) is 6.92 Å². The summed E-state index contributed by atoms with van der Waals surface area (Å²) in [5.74, 6) is -0.0314. The van der Waals surface area contributed by atoms with E-state index in [-0.39, 0.29) is 11.7 Å². The minimum absolute atomic E-state index is 0.185. The van der Waals surface area contributed by atoms with Crippen LogP contribution in [-0.2, 0) is 9.59 Å². The molecule has 0 unspecified atom stereocenters. The van der Waals surface area contributed by atoms with Crippen LogP contribution in [0.25, 0.3) is 11.0 Å². The summed E-state index contributed by atoms with van der Waals surface area (Å²) in [5.41, 5.74) is 4.95. The number of carbonyl (C=O) groups excluding carboxylic acids is 2. The lowest BCUT2D eigenvalue weighted by Crippen LogP contribution is -2.19. The lowest BCUT2D eigenvalue weighted by molar-refractivity contribution is -0.131. The zero-order valence-corrected chi connectivity index (χ0v) is 14.7. The normalized spacial score (nSPS) is 11.0. The molecule has 0 saturated carbocycles. The number of nitrogens with zero attached hydrogens (tertiary/aromatic N) is 2. The SMILES string of the molecule is CC(=O)Oc1cccc(/C=N\NC(=O)CSc2nc3ccccc3[nH]2)c1. The van der Waals surface area contributed by atoms with Gasteiger partial charge in [0.1, 0.15) is 5.75 Å². The monoisotopic (exact) mass is 368 g/mol. The number of hydrogen-bond donors (Lipinski definition) is 2. The van der Waals surface area contributed by atoms with Crippen molar-refractivity contribution in [1.29, 1.82) is 0 Å². The molecule has 0 fully saturated rings. The van der Waals surface area contributed by atoms with Crippen LogP contribution < -0.4 is 10.2 Å². The van der Waals surface area contributed by atoms with E-state index in [1.165, 1.54) is 24.9 Å². The van der Waals surface area contributed by atoms with Gasteiger partial charge in [-0.3, -0.25) is 9.59 Å². The van der Waals surface area contributed by atoms with E-state index in [1.807, 2.05) is 24.3 Å². The molecule has 0 spiro atoms. The molecule has 26 heavy (non-hydrogen) atoms. The van der Waals surface area contributed by atoms with Crippen molar-refractivity contribution < 1.29 is 14.3 Å². The number of nitrogens with one attached hydrogen (secondary N) is 2. The smallest absolute Gasteiger partial charge is 0.308 e. The van der Waals surface area contributed by atoms with Crippen molar-refractivity contribution in [2.75, 3.05) is 5.75 Å². The molecule has 2 aromatic carbocycles. The Bertz CT molecular complexity index is 935. The molecule has 0 atom stereocenters. The van der Waals surface area contributed by atoms with E-state index in [1.54, 1.807) is 24.3 Å². The van der Waals surface area contributed by atoms with E-state index in [9.17, 15) is 9.59 Å². The average molecular weight is 368 g/mol. The zero-order chi connectivity index (χ0) is 18.4. The van der Waals surface area contributed by atoms with Gasteiger partial charge in [-0.05, 0) is 29.8 Å². The number of H-pyrrole nitrogens is 1. The predicted molar refractivity (Wildman–Crippen MR) is 100 cm³/mol. The molecule has 1 aromatic heterocycles. The maximum absolute atomic E-state index is 11.9. The van der Waals surface area contributed by atoms with Crippen LogP contribution in [0.3, 0.4) is 0 Å². The van der Waals surface area contributed by atoms with Gasteiger partial charge in [-0.1, -0.05) is 36.0 Å². The van der Waals surface area contributed by atoms with Crippen LogP contribution in [0.15, 0.2) is 58.8 Å². The number of imidazole rings is 1. The molecule has 7 nitrogen and oxygen atoms in total. The number of amides is 1. The third-order valence-electron chi connectivity index (χ3n) is 3.23. The zero-order valence-electron chi connectivity index (χ0n) is 13.9. The maximum Gasteiger partial charge on any atom is 0.308 e. The van der Waals surface area contributed by atoms with Crippen molar-refractivity contribution in [2.24, 2.45) is 5.10 Å². The molecule has 0 bridgehead atoms. The molecular weight excluding hydrogens is 352 g/mol. The van der Waals surface area contributed by atoms with Gasteiger partial charge in [0.2, 0.25) is 0 Å². The highest BCUT2D eigenvalue weighted by molar-refractivity contribution is 7.99. The standard InChI is InChI=1S/C18H16N4O3S/c1-12(23)25-14-6-4-5-13(9-14)10-19-22-17(24)11-26-18-20-15-7-2-3-8-16(15)21-18/h2-10H,11H2,1H3,(H,20,21)(H,22,24)/b19-10-. The number of esters is 1. The van der Waals surface area contributed by atoms with Crippen LogP contribution in [0.2, 0.25) is 0 Å². The van der Waals surface area contributed by atoms with Crippen LogP contribution >= 0.6 is 11.8 Å². The second-order valence-corrected chi connectivity index (χ2v) is 6.27. The average Bonchev–Trinajstić information content (AvgIpc) is 3.03. The highest BCUT2D eigenvalue weighted by atomic mass is 32.2. The molecule has 0 aliphatic heterocycles. The number of aromatic amines is 1. The number of rotatable bonds is 6. The van der Waals surface area contributed by atoms with Crippen LogP contribution in [0.5, 0.6) is 5.75 Å². The Morgan fingerprint density at radius 2 is 2.12 bits per heavy atom. The van der Waals surface area contributed by atoms with Crippen molar-refractivity contribution in [3.05, 3.63) is 54.1 Å². The number of benzene rings is 2. The van der Waals surface area contributed by atoms with Crippen molar-refractivity contribution in [2.45, 2.75) is 12.1 Å². The number of ether oxygens (including phenoxy) is 1. The summed E-state index contributed by atoms with van der Waals surface area (Å²) < 4.78 is 4.99. The number of fused-ring (bicyclic) bond motifs is 1. The molecule has 3 aromatic rings. The number of hydrazone groups is 1. The Balaban J connectivity index is 1.50. The topological polar surface area (TPSA) is 96.4 Å². The number of carbonyl (C=O) groups is 2. The lowest BCUT2D eigenvalue weighted by Gasteiger charge is -2.01. The largest absolute Gasteiger partial charge is 0.427 e. The molecule has 0 aliphatic rings. The van der Waals surface area contributed by atoms with E-state index in [4.69, 9.17) is 4.74 Å². The van der Waals surface area contributed by atoms with Gasteiger partial charge < -0.3 is 9.72 Å². The van der Waals surface area contributed by atoms with Gasteiger partial charge in [-0.2, -0.15) is 5.10 Å². The number of aromatic nitrogens is 2. The first-order chi connectivity index (χ1) is 12.6. The quantitative estimate of drug-likeness (QED) is 0.229. The Morgan fingerprint density at radius 3 is 2.92 bits per heavy atom. The van der Waals surface area contributed by atoms with Crippen LogP contribution in [-0.4, -0.2) is 33.8 Å². The first kappa shape index (κ1) is 17.7. The highest BCUT2D eigenvalue weighted by Crippen LogP contribution is 2.18. The Morgan fingerprint density at radius 1 is 1.27 bits per heavy atom. The van der Waals surface area contributed by atoms with Gasteiger partial charge >= 0.3 is 5.97 Å². The molecule has 0 aliphatic carbocycles. The van der Waals surface area contributed by atoms with Crippen molar-refractivity contribution in [1.82, 2.24) is 15.4 Å². The predicted octanol–water partition coefficient (Wildman–Crippen LogP) is 2.73. The van der Waals surface area contributed by atoms with Crippen LogP contribution in [0, 0.1) is 0 Å². The molecule has 132 valence electrons. The molecule has 1 amide bonds. The summed E-state index contributed by atoms with van der Waals surface area (Å²) in [6, 6.07) is 14.5. The first-order valence-corrected chi connectivity index (χ1v) is 8.76. The van der Waals surface area contributed by atoms with Gasteiger partial charge in [0.05, 0.1) is 23.0 Å². The summed E-state index contributed by atoms with van der Waals surface area (Å²) in [4.78, 5) is 30.4. The number of hydrogen-bond acceptors (Lipinski definition) is 6. The first-order valence-electron chi connectivity index (χ1n) is 7.78. The minimum atomic E-state index is -0.394. The fraction of sp³-hybridized carbons (Fsp3) is 0.111. The third-order valence-corrected chi connectivity index (χ3v) is 4.10. The van der Waals surface area contributed by atoms with Crippen LogP contribution in [0.1, 0.15) is 12.5 Å². The molecule has 3 rings (SSSR count). The van der Waals surface area contributed by atoms with Gasteiger partial charge in [0.25, 0.3) is 5.91 Å². The van der Waals surface area contributed by atoms with Gasteiger partial charge in [0.15, 0.2) is 5.16 Å². The molecule has 0 radical (unpaired) electrons. The molecule has 1 heterocycles. The second kappa shape index (κ2) is 8.30. The summed E-state index contributed by atoms with van der Waals surface area (Å²) >= 11 is 1.30. The van der Waals surface area contributed by atoms with E-state index in [0.717, 1.165) is 11.0 Å². The van der Waals surface area contributed by atoms with Crippen molar-refractivity contribution >= 4 is 40.9 Å². The van der Waals surface area contributed by atoms with E-state index in [0.29, 0.717) is 16.5 Å². The molecular formula is C18H16N4O3S. The van der Waals surface area contributed by atoms with E-state index in [2.05, 4.69) is 20.5 Å².